The van der Waals surface area contributed by atoms with Crippen LogP contribution in [0.2, 0.25) is 0 Å². The second-order valence-corrected chi connectivity index (χ2v) is 21.7. The van der Waals surface area contributed by atoms with Gasteiger partial charge in [0.2, 0.25) is 17.6 Å². The Morgan fingerprint density at radius 2 is 1.50 bits per heavy atom. The van der Waals surface area contributed by atoms with Crippen molar-refractivity contribution < 1.29 is 36.8 Å². The van der Waals surface area contributed by atoms with Gasteiger partial charge in [0.15, 0.2) is 9.84 Å². The number of carbonyl (C=O) groups excluding carboxylic acids is 5. The summed E-state index contributed by atoms with van der Waals surface area (Å²) < 4.78 is 39.2. The van der Waals surface area contributed by atoms with Gasteiger partial charge in [-0.15, -0.1) is 0 Å². The summed E-state index contributed by atoms with van der Waals surface area (Å²) in [5, 5.41) is 11.2. The van der Waals surface area contributed by atoms with E-state index in [2.05, 4.69) is 41.7 Å². The van der Waals surface area contributed by atoms with Crippen LogP contribution in [0, 0.1) is 28.6 Å². The Morgan fingerprint density at radius 3 is 2.06 bits per heavy atom. The fourth-order valence-electron chi connectivity index (χ4n) is 9.44. The number of halogens is 1. The molecule has 0 aromatic carbocycles. The van der Waals surface area contributed by atoms with Gasteiger partial charge in [-0.3, -0.25) is 19.2 Å². The predicted octanol–water partition coefficient (Wildman–Crippen LogP) is 4.87. The van der Waals surface area contributed by atoms with Gasteiger partial charge in [0.25, 0.3) is 5.91 Å². The number of carbonyl (C=O) groups is 5. The zero-order chi connectivity index (χ0) is 39.9. The highest BCUT2D eigenvalue weighted by Gasteiger charge is 2.70. The standard InChI is InChI=1S/C40H64FN5O7S/c1-25(41)22-42-34(49)31(47)28(17-16-26-14-15-26)43-33(48)30-29-27(38(29,5)6)23-46(30)35(50)32(39(7)18-10-8-11-19-39)44-36(51)45-40(20-12-9-13-21-40)24-54(52,53)37(2,3)4/h26-30,32H,1,8-24H2,2-7H3,(H,42,49)(H,43,48)(H2,44,45,51)/t27-,28?,29-,30-,32+/m0/s1. The maximum Gasteiger partial charge on any atom is 0.315 e. The molecule has 12 nitrogen and oxygen atoms in total. The molecule has 1 saturated heterocycles. The minimum absolute atomic E-state index is 0.0263. The van der Waals surface area contributed by atoms with E-state index in [0.717, 1.165) is 51.4 Å². The molecular weight excluding hydrogens is 714 g/mol. The predicted molar refractivity (Wildman–Crippen MR) is 204 cm³/mol. The third kappa shape index (κ3) is 9.32. The van der Waals surface area contributed by atoms with E-state index in [1.54, 1.807) is 25.7 Å². The number of ketones is 1. The Kier molecular flexibility index (Phi) is 12.4. The highest BCUT2D eigenvalue weighted by Crippen LogP contribution is 2.65. The summed E-state index contributed by atoms with van der Waals surface area (Å²) in [4.78, 5) is 71.0. The smallest absolute Gasteiger partial charge is 0.315 e. The molecule has 54 heavy (non-hydrogen) atoms. The Morgan fingerprint density at radius 1 is 0.907 bits per heavy atom. The lowest BCUT2D eigenvalue weighted by Gasteiger charge is -2.44. The molecule has 4 N–H and O–H groups in total. The minimum Gasteiger partial charge on any atom is -0.344 e. The first-order chi connectivity index (χ1) is 25.1. The lowest BCUT2D eigenvalue weighted by atomic mass is 9.70. The van der Waals surface area contributed by atoms with Crippen LogP contribution in [0.1, 0.15) is 131 Å². The SMILES string of the molecule is C=C(F)CNC(=O)C(=O)C(CCC1CC1)NC(=O)[C@@H]1[C@@H]2[C@H](CN1C(=O)[C@@H](NC(=O)NC1(CS(=O)(=O)C(C)(C)C)CCCCC1)C1(C)CCCCC1)C2(C)C. The van der Waals surface area contributed by atoms with Crippen LogP contribution < -0.4 is 21.3 Å². The molecule has 1 heterocycles. The van der Waals surface area contributed by atoms with E-state index < -0.39 is 79.7 Å². The number of urea groups is 1. The first-order valence-corrected chi connectivity index (χ1v) is 21.8. The van der Waals surface area contributed by atoms with Crippen molar-refractivity contribution in [2.45, 2.75) is 160 Å². The van der Waals surface area contributed by atoms with Crippen LogP contribution in [0.25, 0.3) is 0 Å². The van der Waals surface area contributed by atoms with Gasteiger partial charge in [-0.05, 0) is 87.9 Å². The van der Waals surface area contributed by atoms with Crippen LogP contribution in [0.5, 0.6) is 0 Å². The average Bonchev–Trinajstić information content (AvgIpc) is 3.95. The van der Waals surface area contributed by atoms with Gasteiger partial charge in [0, 0.05) is 6.54 Å². The Bertz CT molecular complexity index is 1590. The Labute approximate surface area is 321 Å². The quantitative estimate of drug-likeness (QED) is 0.172. The molecule has 5 fully saturated rings. The van der Waals surface area contributed by atoms with Crippen LogP contribution in [0.15, 0.2) is 12.4 Å². The van der Waals surface area contributed by atoms with E-state index in [9.17, 15) is 36.8 Å². The highest BCUT2D eigenvalue weighted by atomic mass is 32.2. The van der Waals surface area contributed by atoms with E-state index in [1.165, 1.54) is 0 Å². The third-order valence-electron chi connectivity index (χ3n) is 13.4. The molecule has 304 valence electrons. The van der Waals surface area contributed by atoms with Gasteiger partial charge in [0.05, 0.1) is 28.6 Å². The lowest BCUT2D eigenvalue weighted by Crippen LogP contribution is -2.65. The number of fused-ring (bicyclic) bond motifs is 1. The minimum atomic E-state index is -3.59. The van der Waals surface area contributed by atoms with E-state index in [4.69, 9.17) is 0 Å². The zero-order valence-corrected chi connectivity index (χ0v) is 34.1. The molecule has 0 bridgehead atoms. The second kappa shape index (κ2) is 15.8. The molecule has 5 aliphatic rings. The van der Waals surface area contributed by atoms with E-state index in [0.29, 0.717) is 44.6 Å². The van der Waals surface area contributed by atoms with Gasteiger partial charge >= 0.3 is 6.03 Å². The number of piperidine rings is 1. The van der Waals surface area contributed by atoms with Crippen molar-refractivity contribution in [3.63, 3.8) is 0 Å². The van der Waals surface area contributed by atoms with Crippen LogP contribution in [0.3, 0.4) is 0 Å². The van der Waals surface area contributed by atoms with Crippen molar-refractivity contribution in [2.75, 3.05) is 18.8 Å². The van der Waals surface area contributed by atoms with Gasteiger partial charge in [0.1, 0.15) is 17.9 Å². The van der Waals surface area contributed by atoms with Gasteiger partial charge in [-0.25, -0.2) is 17.6 Å². The fraction of sp³-hybridized carbons (Fsp3) is 0.825. The number of nitrogens with one attached hydrogen (secondary N) is 4. The lowest BCUT2D eigenvalue weighted by molar-refractivity contribution is -0.146. The highest BCUT2D eigenvalue weighted by molar-refractivity contribution is 7.92. The fourth-order valence-corrected chi connectivity index (χ4v) is 11.0. The second-order valence-electron chi connectivity index (χ2n) is 19.0. The van der Waals surface area contributed by atoms with Crippen molar-refractivity contribution in [2.24, 2.45) is 28.6 Å². The topological polar surface area (TPSA) is 171 Å². The summed E-state index contributed by atoms with van der Waals surface area (Å²) in [7, 11) is -3.59. The van der Waals surface area contributed by atoms with Crippen molar-refractivity contribution in [3.05, 3.63) is 12.4 Å². The number of hydrogen-bond donors (Lipinski definition) is 4. The van der Waals surface area contributed by atoms with Gasteiger partial charge in [-0.1, -0.05) is 78.7 Å². The molecule has 4 aliphatic carbocycles. The van der Waals surface area contributed by atoms with E-state index >= 15 is 0 Å². The number of sulfone groups is 1. The van der Waals surface area contributed by atoms with Crippen LogP contribution in [-0.2, 0) is 29.0 Å². The summed E-state index contributed by atoms with van der Waals surface area (Å²) in [6, 6.07) is -3.65. The van der Waals surface area contributed by atoms with Crippen LogP contribution in [-0.4, -0.2) is 90.1 Å². The van der Waals surface area contributed by atoms with Crippen molar-refractivity contribution in [3.8, 4) is 0 Å². The largest absolute Gasteiger partial charge is 0.344 e. The number of hydrogen-bond acceptors (Lipinski definition) is 7. The average molecular weight is 778 g/mol. The number of Topliss-reactive ketones (excluding diaryl/α,β-unsaturated/α-hetero) is 1. The normalized spacial score (nSPS) is 26.7. The van der Waals surface area contributed by atoms with Crippen molar-refractivity contribution in [1.29, 1.82) is 0 Å². The molecule has 5 rings (SSSR count). The molecule has 5 atom stereocenters. The third-order valence-corrected chi connectivity index (χ3v) is 16.2. The number of nitrogens with zero attached hydrogens (tertiary/aromatic N) is 1. The first kappa shape index (κ1) is 42.1. The monoisotopic (exact) mass is 777 g/mol. The number of rotatable bonds is 15. The summed E-state index contributed by atoms with van der Waals surface area (Å²) >= 11 is 0. The number of amides is 5. The Balaban J connectivity index is 1.39. The summed E-state index contributed by atoms with van der Waals surface area (Å²) in [5.41, 5.74) is -1.83. The van der Waals surface area contributed by atoms with Gasteiger partial charge < -0.3 is 26.2 Å². The molecule has 0 aromatic heterocycles. The summed E-state index contributed by atoms with van der Waals surface area (Å²) in [6.07, 6.45) is 10.6. The van der Waals surface area contributed by atoms with E-state index in [1.807, 2.05) is 6.92 Å². The molecular formula is C40H64FN5O7S. The molecule has 1 unspecified atom stereocenters. The van der Waals surface area contributed by atoms with E-state index in [-0.39, 0.29) is 35.3 Å². The van der Waals surface area contributed by atoms with Crippen molar-refractivity contribution >= 4 is 39.4 Å². The first-order valence-electron chi connectivity index (χ1n) is 20.2. The summed E-state index contributed by atoms with van der Waals surface area (Å²) in [6.45, 7) is 14.0. The molecule has 14 heteroatoms. The molecule has 5 amide bonds. The molecule has 4 saturated carbocycles. The molecule has 0 aromatic rings. The molecule has 0 spiro atoms. The van der Waals surface area contributed by atoms with Crippen LogP contribution in [0.4, 0.5) is 9.18 Å². The number of likely N-dealkylation sites (tertiary alicyclic amines) is 1. The maximum atomic E-state index is 14.9. The zero-order valence-electron chi connectivity index (χ0n) is 33.3. The van der Waals surface area contributed by atoms with Crippen molar-refractivity contribution in [1.82, 2.24) is 26.2 Å². The van der Waals surface area contributed by atoms with Crippen LogP contribution >= 0.6 is 0 Å². The van der Waals surface area contributed by atoms with Gasteiger partial charge in [-0.2, -0.15) is 0 Å². The molecule has 1 aliphatic heterocycles. The Hall–Kier alpha value is -3.03. The molecule has 0 radical (unpaired) electrons. The summed E-state index contributed by atoms with van der Waals surface area (Å²) in [5.74, 6) is -3.52. The maximum absolute atomic E-state index is 14.9.